The third-order valence-electron chi connectivity index (χ3n) is 3.65. The van der Waals surface area contributed by atoms with Gasteiger partial charge in [-0.1, -0.05) is 42.5 Å². The van der Waals surface area contributed by atoms with E-state index in [0.29, 0.717) is 5.56 Å². The first-order valence-electron chi connectivity index (χ1n) is 7.32. The molecule has 0 fully saturated rings. The van der Waals surface area contributed by atoms with Crippen molar-refractivity contribution in [2.45, 2.75) is 18.7 Å². The van der Waals surface area contributed by atoms with Crippen LogP contribution in [0.4, 0.5) is 13.2 Å². The van der Waals surface area contributed by atoms with Gasteiger partial charge < -0.3 is 9.47 Å². The molecular formula is C18H17F3O3. The minimum atomic E-state index is -4.53. The van der Waals surface area contributed by atoms with Crippen LogP contribution in [0.2, 0.25) is 0 Å². The number of ether oxygens (including phenoxy) is 2. The lowest BCUT2D eigenvalue weighted by molar-refractivity contribution is -0.165. The summed E-state index contributed by atoms with van der Waals surface area (Å²) in [6, 6.07) is 12.8. The molecule has 24 heavy (non-hydrogen) atoms. The van der Waals surface area contributed by atoms with Crippen LogP contribution in [0.3, 0.4) is 0 Å². The lowest BCUT2D eigenvalue weighted by Gasteiger charge is -2.31. The number of hydrogen-bond acceptors (Lipinski definition) is 3. The van der Waals surface area contributed by atoms with Gasteiger partial charge in [-0.2, -0.15) is 13.2 Å². The lowest BCUT2D eigenvalue weighted by atomic mass is 9.85. The number of halogens is 3. The van der Waals surface area contributed by atoms with Crippen molar-refractivity contribution in [3.8, 4) is 0 Å². The van der Waals surface area contributed by atoms with Gasteiger partial charge in [0.1, 0.15) is 0 Å². The van der Waals surface area contributed by atoms with Gasteiger partial charge in [0.2, 0.25) is 5.60 Å². The van der Waals surface area contributed by atoms with Gasteiger partial charge in [-0.25, -0.2) is 4.79 Å². The van der Waals surface area contributed by atoms with E-state index in [4.69, 9.17) is 9.47 Å². The van der Waals surface area contributed by atoms with E-state index < -0.39 is 23.3 Å². The van der Waals surface area contributed by atoms with E-state index in [-0.39, 0.29) is 12.2 Å². The zero-order valence-electron chi connectivity index (χ0n) is 13.3. The summed E-state index contributed by atoms with van der Waals surface area (Å²) < 4.78 is 49.7. The van der Waals surface area contributed by atoms with E-state index in [0.717, 1.165) is 12.1 Å². The number of carbonyl (C=O) groups is 1. The average molecular weight is 338 g/mol. The Morgan fingerprint density at radius 1 is 0.958 bits per heavy atom. The van der Waals surface area contributed by atoms with Crippen LogP contribution in [-0.2, 0) is 26.0 Å². The molecule has 128 valence electrons. The number of alkyl halides is 3. The van der Waals surface area contributed by atoms with E-state index in [1.807, 2.05) is 0 Å². The molecule has 0 saturated carbocycles. The van der Waals surface area contributed by atoms with Crippen LogP contribution in [0.15, 0.2) is 54.6 Å². The molecule has 2 aromatic rings. The van der Waals surface area contributed by atoms with Gasteiger partial charge in [0.15, 0.2) is 0 Å². The minimum absolute atomic E-state index is 0.0597. The number of esters is 1. The van der Waals surface area contributed by atoms with Crippen LogP contribution in [0, 0.1) is 0 Å². The van der Waals surface area contributed by atoms with Crippen LogP contribution in [0.5, 0.6) is 0 Å². The monoisotopic (exact) mass is 338 g/mol. The molecule has 1 unspecified atom stereocenters. The van der Waals surface area contributed by atoms with E-state index in [2.05, 4.69) is 0 Å². The SMILES string of the molecule is CCOC(=O)C(OC)(c1ccccc1)c1cccc(C(F)(F)F)c1. The molecule has 0 saturated heterocycles. The molecule has 6 heteroatoms. The van der Waals surface area contributed by atoms with Crippen LogP contribution in [0.1, 0.15) is 23.6 Å². The molecule has 0 radical (unpaired) electrons. The molecule has 0 heterocycles. The normalized spacial score (nSPS) is 14.0. The molecule has 0 aliphatic rings. The van der Waals surface area contributed by atoms with Gasteiger partial charge in [0, 0.05) is 12.7 Å². The highest BCUT2D eigenvalue weighted by Crippen LogP contribution is 2.38. The molecule has 0 amide bonds. The van der Waals surface area contributed by atoms with Crippen molar-refractivity contribution < 1.29 is 27.4 Å². The van der Waals surface area contributed by atoms with E-state index in [9.17, 15) is 18.0 Å². The molecule has 0 bridgehead atoms. The van der Waals surface area contributed by atoms with Gasteiger partial charge in [0.05, 0.1) is 12.2 Å². The lowest BCUT2D eigenvalue weighted by Crippen LogP contribution is -2.40. The smallest absolute Gasteiger partial charge is 0.416 e. The Hall–Kier alpha value is -2.34. The third-order valence-corrected chi connectivity index (χ3v) is 3.65. The number of carbonyl (C=O) groups excluding carboxylic acids is 1. The summed E-state index contributed by atoms with van der Waals surface area (Å²) in [6.07, 6.45) is -4.53. The van der Waals surface area contributed by atoms with Gasteiger partial charge in [0.25, 0.3) is 0 Å². The van der Waals surface area contributed by atoms with Crippen molar-refractivity contribution >= 4 is 5.97 Å². The Bertz CT molecular complexity index is 698. The molecule has 3 nitrogen and oxygen atoms in total. The average Bonchev–Trinajstić information content (AvgIpc) is 2.57. The van der Waals surface area contributed by atoms with Crippen molar-refractivity contribution in [3.05, 3.63) is 71.3 Å². The number of benzene rings is 2. The zero-order valence-corrected chi connectivity index (χ0v) is 13.3. The maximum Gasteiger partial charge on any atom is 0.416 e. The van der Waals surface area contributed by atoms with Crippen molar-refractivity contribution in [1.82, 2.24) is 0 Å². The number of methoxy groups -OCH3 is 1. The predicted molar refractivity (Wildman–Crippen MR) is 82.3 cm³/mol. The van der Waals surface area contributed by atoms with Crippen LogP contribution < -0.4 is 0 Å². The fourth-order valence-corrected chi connectivity index (χ4v) is 2.54. The van der Waals surface area contributed by atoms with Crippen LogP contribution >= 0.6 is 0 Å². The quantitative estimate of drug-likeness (QED) is 0.768. The highest BCUT2D eigenvalue weighted by atomic mass is 19.4. The molecule has 2 aromatic carbocycles. The number of hydrogen-bond donors (Lipinski definition) is 0. The standard InChI is InChI=1S/C18H17F3O3/c1-3-24-16(22)17(23-2,13-8-5-4-6-9-13)14-10-7-11-15(12-14)18(19,20)21/h4-12H,3H2,1-2H3. The van der Waals surface area contributed by atoms with Crippen LogP contribution in [-0.4, -0.2) is 19.7 Å². The highest BCUT2D eigenvalue weighted by molar-refractivity contribution is 5.86. The topological polar surface area (TPSA) is 35.5 Å². The second-order valence-corrected chi connectivity index (χ2v) is 5.05. The summed E-state index contributed by atoms with van der Waals surface area (Å²) in [5, 5.41) is 0. The second kappa shape index (κ2) is 7.05. The minimum Gasteiger partial charge on any atom is -0.463 e. The maximum atomic E-state index is 13.1. The highest BCUT2D eigenvalue weighted by Gasteiger charge is 2.45. The summed E-state index contributed by atoms with van der Waals surface area (Å²) in [5.74, 6) is -0.766. The van der Waals surface area contributed by atoms with Gasteiger partial charge in [-0.15, -0.1) is 0 Å². The summed E-state index contributed by atoms with van der Waals surface area (Å²) in [4.78, 5) is 12.6. The Morgan fingerprint density at radius 2 is 1.54 bits per heavy atom. The molecular weight excluding hydrogens is 321 g/mol. The van der Waals surface area contributed by atoms with Crippen molar-refractivity contribution in [3.63, 3.8) is 0 Å². The van der Waals surface area contributed by atoms with Crippen molar-refractivity contribution in [1.29, 1.82) is 0 Å². The molecule has 2 rings (SSSR count). The van der Waals surface area contributed by atoms with Gasteiger partial charge in [-0.3, -0.25) is 0 Å². The Kier molecular flexibility index (Phi) is 5.29. The largest absolute Gasteiger partial charge is 0.463 e. The van der Waals surface area contributed by atoms with E-state index in [1.54, 1.807) is 37.3 Å². The summed E-state index contributed by atoms with van der Waals surface area (Å²) in [6.45, 7) is 1.70. The second-order valence-electron chi connectivity index (χ2n) is 5.05. The Labute approximate surface area is 138 Å². The van der Waals surface area contributed by atoms with E-state index >= 15 is 0 Å². The van der Waals surface area contributed by atoms with Gasteiger partial charge >= 0.3 is 12.1 Å². The Balaban J connectivity index is 2.69. The zero-order chi connectivity index (χ0) is 17.8. The fraction of sp³-hybridized carbons (Fsp3) is 0.278. The predicted octanol–water partition coefficient (Wildman–Crippen LogP) is 4.16. The Morgan fingerprint density at radius 3 is 2.08 bits per heavy atom. The summed E-state index contributed by atoms with van der Waals surface area (Å²) in [7, 11) is 1.27. The first-order valence-corrected chi connectivity index (χ1v) is 7.32. The van der Waals surface area contributed by atoms with Crippen molar-refractivity contribution in [2.24, 2.45) is 0 Å². The van der Waals surface area contributed by atoms with Crippen molar-refractivity contribution in [2.75, 3.05) is 13.7 Å². The molecule has 0 aromatic heterocycles. The maximum absolute atomic E-state index is 13.1. The summed E-state index contributed by atoms with van der Waals surface area (Å²) >= 11 is 0. The molecule has 0 aliphatic heterocycles. The molecule has 1 atom stereocenters. The first-order chi connectivity index (χ1) is 11.4. The van der Waals surface area contributed by atoms with Gasteiger partial charge in [-0.05, 0) is 24.6 Å². The first kappa shape index (κ1) is 18.0. The molecule has 0 N–H and O–H groups in total. The summed E-state index contributed by atoms with van der Waals surface area (Å²) in [5.41, 5.74) is -2.17. The van der Waals surface area contributed by atoms with Crippen LogP contribution in [0.25, 0.3) is 0 Å². The molecule has 0 spiro atoms. The molecule has 0 aliphatic carbocycles. The fourth-order valence-electron chi connectivity index (χ4n) is 2.54. The third kappa shape index (κ3) is 3.28. The van der Waals surface area contributed by atoms with E-state index in [1.165, 1.54) is 19.2 Å². The number of rotatable bonds is 5.